The summed E-state index contributed by atoms with van der Waals surface area (Å²) in [6.07, 6.45) is 1.78. The normalized spacial score (nSPS) is 18.4. The van der Waals surface area contributed by atoms with Crippen molar-refractivity contribution in [2.75, 3.05) is 20.3 Å². The molecule has 0 aromatic heterocycles. The molecule has 0 radical (unpaired) electrons. The number of hydrogen-bond acceptors (Lipinski definition) is 4. The van der Waals surface area contributed by atoms with E-state index >= 15 is 0 Å². The number of carboxylic acid groups (broad SMARTS) is 1. The van der Waals surface area contributed by atoms with Gasteiger partial charge in [-0.25, -0.2) is 9.18 Å². The van der Waals surface area contributed by atoms with Gasteiger partial charge in [0, 0.05) is 19.6 Å². The van der Waals surface area contributed by atoms with Crippen molar-refractivity contribution in [3.05, 3.63) is 29.6 Å². The van der Waals surface area contributed by atoms with E-state index in [0.717, 1.165) is 12.5 Å². The smallest absolute Gasteiger partial charge is 0.330 e. The van der Waals surface area contributed by atoms with E-state index in [4.69, 9.17) is 9.47 Å². The average molecular weight is 325 g/mol. The Bertz CT molecular complexity index is 572. The van der Waals surface area contributed by atoms with Crippen LogP contribution in [-0.2, 0) is 14.3 Å². The first-order valence-electron chi connectivity index (χ1n) is 7.44. The van der Waals surface area contributed by atoms with Crippen LogP contribution in [-0.4, -0.2) is 37.3 Å². The second-order valence-corrected chi connectivity index (χ2v) is 5.50. The van der Waals surface area contributed by atoms with Gasteiger partial charge in [0.1, 0.15) is 0 Å². The van der Waals surface area contributed by atoms with Crippen LogP contribution in [0.1, 0.15) is 30.9 Å². The summed E-state index contributed by atoms with van der Waals surface area (Å²) in [6.45, 7) is 1.34. The van der Waals surface area contributed by atoms with Gasteiger partial charge in [-0.1, -0.05) is 6.07 Å². The Balaban J connectivity index is 1.99. The second kappa shape index (κ2) is 7.92. The van der Waals surface area contributed by atoms with E-state index in [1.807, 2.05) is 0 Å². The minimum Gasteiger partial charge on any atom is -0.494 e. The van der Waals surface area contributed by atoms with Crippen LogP contribution in [0.4, 0.5) is 4.39 Å². The third kappa shape index (κ3) is 4.66. The number of benzene rings is 1. The number of halogens is 1. The van der Waals surface area contributed by atoms with Gasteiger partial charge in [-0.05, 0) is 36.5 Å². The molecule has 1 saturated heterocycles. The van der Waals surface area contributed by atoms with Crippen LogP contribution in [0, 0.1) is 11.7 Å². The van der Waals surface area contributed by atoms with Gasteiger partial charge in [-0.2, -0.15) is 0 Å². The Kier molecular flexibility index (Phi) is 5.92. The summed E-state index contributed by atoms with van der Waals surface area (Å²) < 4.78 is 23.7. The lowest BCUT2D eigenvalue weighted by atomic mass is 10.0. The molecule has 6 nitrogen and oxygen atoms in total. The SMILES string of the molecule is COc1ccc(C(NC(=O)CCC2CCOC2)C(=O)O)cc1F. The third-order valence-corrected chi connectivity index (χ3v) is 3.87. The molecule has 0 saturated carbocycles. The van der Waals surface area contributed by atoms with Crippen LogP contribution in [0.3, 0.4) is 0 Å². The second-order valence-electron chi connectivity index (χ2n) is 5.50. The molecule has 2 rings (SSSR count). The van der Waals surface area contributed by atoms with Crippen molar-refractivity contribution in [1.82, 2.24) is 5.32 Å². The van der Waals surface area contributed by atoms with E-state index in [1.165, 1.54) is 19.2 Å². The molecule has 1 aromatic rings. The van der Waals surface area contributed by atoms with E-state index < -0.39 is 17.8 Å². The third-order valence-electron chi connectivity index (χ3n) is 3.87. The van der Waals surface area contributed by atoms with Crippen molar-refractivity contribution in [3.8, 4) is 5.75 Å². The minimum atomic E-state index is -1.29. The Morgan fingerprint density at radius 2 is 2.30 bits per heavy atom. The van der Waals surface area contributed by atoms with Crippen LogP contribution < -0.4 is 10.1 Å². The number of aliphatic carboxylic acids is 1. The van der Waals surface area contributed by atoms with Crippen LogP contribution >= 0.6 is 0 Å². The largest absolute Gasteiger partial charge is 0.494 e. The maximum atomic E-state index is 13.7. The van der Waals surface area contributed by atoms with E-state index in [-0.39, 0.29) is 23.6 Å². The molecule has 126 valence electrons. The van der Waals surface area contributed by atoms with Gasteiger partial charge in [-0.3, -0.25) is 4.79 Å². The zero-order chi connectivity index (χ0) is 16.8. The summed E-state index contributed by atoms with van der Waals surface area (Å²) in [5.41, 5.74) is 0.161. The molecule has 1 amide bonds. The minimum absolute atomic E-state index is 0.0189. The highest BCUT2D eigenvalue weighted by molar-refractivity contribution is 5.84. The molecule has 2 atom stereocenters. The summed E-state index contributed by atoms with van der Waals surface area (Å²) in [5.74, 6) is -1.94. The van der Waals surface area contributed by atoms with Crippen molar-refractivity contribution in [3.63, 3.8) is 0 Å². The number of carbonyl (C=O) groups is 2. The molecule has 23 heavy (non-hydrogen) atoms. The summed E-state index contributed by atoms with van der Waals surface area (Å²) in [4.78, 5) is 23.3. The van der Waals surface area contributed by atoms with Crippen LogP contribution in [0.5, 0.6) is 5.75 Å². The fraction of sp³-hybridized carbons (Fsp3) is 0.500. The molecule has 1 aromatic carbocycles. The fourth-order valence-electron chi connectivity index (χ4n) is 2.53. The first-order valence-corrected chi connectivity index (χ1v) is 7.44. The Morgan fingerprint density at radius 1 is 1.52 bits per heavy atom. The molecule has 2 unspecified atom stereocenters. The van der Waals surface area contributed by atoms with Crippen LogP contribution in [0.15, 0.2) is 18.2 Å². The number of nitrogens with one attached hydrogen (secondary N) is 1. The van der Waals surface area contributed by atoms with Crippen molar-refractivity contribution in [2.24, 2.45) is 5.92 Å². The standard InChI is InChI=1S/C16H20FNO5/c1-22-13-4-3-11(8-12(13)17)15(16(20)21)18-14(19)5-2-10-6-7-23-9-10/h3-4,8,10,15H,2,5-7,9H2,1H3,(H,18,19)(H,20,21). The van der Waals surface area contributed by atoms with Crippen LogP contribution in [0.2, 0.25) is 0 Å². The van der Waals surface area contributed by atoms with Crippen molar-refractivity contribution in [2.45, 2.75) is 25.3 Å². The first-order chi connectivity index (χ1) is 11.0. The predicted molar refractivity (Wildman–Crippen MR) is 79.6 cm³/mol. The van der Waals surface area contributed by atoms with Crippen molar-refractivity contribution in [1.29, 1.82) is 0 Å². The quantitative estimate of drug-likeness (QED) is 0.800. The lowest BCUT2D eigenvalue weighted by Gasteiger charge is -2.16. The molecule has 0 aliphatic carbocycles. The summed E-state index contributed by atoms with van der Waals surface area (Å²) in [5, 5.41) is 11.7. The lowest BCUT2D eigenvalue weighted by molar-refractivity contribution is -0.142. The number of carboxylic acids is 1. The number of carbonyl (C=O) groups excluding carboxylic acids is 1. The lowest BCUT2D eigenvalue weighted by Crippen LogP contribution is -2.34. The van der Waals surface area contributed by atoms with Gasteiger partial charge < -0.3 is 19.9 Å². The number of hydrogen-bond donors (Lipinski definition) is 2. The monoisotopic (exact) mass is 325 g/mol. The van der Waals surface area contributed by atoms with Gasteiger partial charge in [0.05, 0.1) is 7.11 Å². The maximum Gasteiger partial charge on any atom is 0.330 e. The molecule has 1 aliphatic rings. The van der Waals surface area contributed by atoms with Gasteiger partial charge in [-0.15, -0.1) is 0 Å². The molecule has 1 heterocycles. The number of amides is 1. The average Bonchev–Trinajstić information content (AvgIpc) is 3.03. The summed E-state index contributed by atoms with van der Waals surface area (Å²) in [6, 6.07) is 2.53. The summed E-state index contributed by atoms with van der Waals surface area (Å²) >= 11 is 0. The van der Waals surface area contributed by atoms with E-state index in [0.29, 0.717) is 25.6 Å². The number of ether oxygens (including phenoxy) is 2. The highest BCUT2D eigenvalue weighted by Gasteiger charge is 2.24. The predicted octanol–water partition coefficient (Wildman–Crippen LogP) is 1.89. The topological polar surface area (TPSA) is 84.9 Å². The molecular formula is C16H20FNO5. The molecule has 2 N–H and O–H groups in total. The maximum absolute atomic E-state index is 13.7. The van der Waals surface area contributed by atoms with Crippen molar-refractivity contribution < 1.29 is 28.6 Å². The molecule has 0 bridgehead atoms. The van der Waals surface area contributed by atoms with Gasteiger partial charge in [0.25, 0.3) is 0 Å². The fourth-order valence-corrected chi connectivity index (χ4v) is 2.53. The van der Waals surface area contributed by atoms with E-state index in [9.17, 15) is 19.1 Å². The Hall–Kier alpha value is -2.15. The van der Waals surface area contributed by atoms with E-state index in [2.05, 4.69) is 5.32 Å². The van der Waals surface area contributed by atoms with E-state index in [1.54, 1.807) is 0 Å². The number of rotatable bonds is 7. The van der Waals surface area contributed by atoms with Gasteiger partial charge in [0.2, 0.25) is 5.91 Å². The molecular weight excluding hydrogens is 305 g/mol. The Morgan fingerprint density at radius 3 is 2.87 bits per heavy atom. The van der Waals surface area contributed by atoms with Crippen molar-refractivity contribution >= 4 is 11.9 Å². The zero-order valence-corrected chi connectivity index (χ0v) is 12.9. The Labute approximate surface area is 133 Å². The molecule has 1 fully saturated rings. The summed E-state index contributed by atoms with van der Waals surface area (Å²) in [7, 11) is 1.32. The first kappa shape index (κ1) is 17.2. The van der Waals surface area contributed by atoms with Gasteiger partial charge in [0.15, 0.2) is 17.6 Å². The molecule has 7 heteroatoms. The molecule has 1 aliphatic heterocycles. The highest BCUT2D eigenvalue weighted by atomic mass is 19.1. The van der Waals surface area contributed by atoms with Gasteiger partial charge >= 0.3 is 5.97 Å². The zero-order valence-electron chi connectivity index (χ0n) is 12.9. The highest BCUT2D eigenvalue weighted by Crippen LogP contribution is 2.23. The number of methoxy groups -OCH3 is 1. The van der Waals surface area contributed by atoms with Crippen LogP contribution in [0.25, 0.3) is 0 Å². The molecule has 0 spiro atoms.